The van der Waals surface area contributed by atoms with Gasteiger partial charge in [-0.1, -0.05) is 0 Å². The minimum Gasteiger partial charge on any atom is -0.632 e. The van der Waals surface area contributed by atoms with Crippen LogP contribution in [0.2, 0.25) is 0 Å². The molecule has 2 aliphatic heterocycles. The third-order valence-corrected chi connectivity index (χ3v) is 3.13. The summed E-state index contributed by atoms with van der Waals surface area (Å²) in [6, 6.07) is -0.274. The largest absolute Gasteiger partial charge is 0.632 e. The molecule has 0 radical (unpaired) electrons. The van der Waals surface area contributed by atoms with Gasteiger partial charge in [-0.2, -0.15) is 0 Å². The van der Waals surface area contributed by atoms with E-state index in [4.69, 9.17) is 0 Å². The van der Waals surface area contributed by atoms with Crippen LogP contribution in [0.3, 0.4) is 0 Å². The predicted octanol–water partition coefficient (Wildman–Crippen LogP) is -0.0183. The second-order valence-corrected chi connectivity index (χ2v) is 3.83. The third kappa shape index (κ3) is 0.881. The molecule has 0 saturated carbocycles. The van der Waals surface area contributed by atoms with Crippen molar-refractivity contribution in [2.75, 3.05) is 13.1 Å². The Morgan fingerprint density at radius 1 is 1.67 bits per heavy atom. The molecular formula is C8H14N2O2. The molecular weight excluding hydrogens is 156 g/mol. The second-order valence-electron chi connectivity index (χ2n) is 3.83. The standard InChI is InChI=1S/C8H14N2O2/c1-6-5-9-8(11)7-3-2-4-10(6,7)12/h6-7H,2-5H2,1H3,(H,9,11)/t6-,7-,10?/m0/s1. The molecule has 3 atom stereocenters. The molecule has 2 saturated heterocycles. The Labute approximate surface area is 71.7 Å². The molecule has 4 heteroatoms. The Morgan fingerprint density at radius 3 is 3.08 bits per heavy atom. The van der Waals surface area contributed by atoms with E-state index < -0.39 is 0 Å². The molecule has 0 bridgehead atoms. The van der Waals surface area contributed by atoms with Crippen LogP contribution in [0.1, 0.15) is 19.8 Å². The Kier molecular flexibility index (Phi) is 1.63. The fourth-order valence-electron chi connectivity index (χ4n) is 2.28. The fourth-order valence-corrected chi connectivity index (χ4v) is 2.28. The van der Waals surface area contributed by atoms with E-state index in [1.54, 1.807) is 0 Å². The fraction of sp³-hybridized carbons (Fsp3) is 0.875. The van der Waals surface area contributed by atoms with Gasteiger partial charge in [0.25, 0.3) is 5.91 Å². The Balaban J connectivity index is 2.27. The molecule has 0 aliphatic carbocycles. The van der Waals surface area contributed by atoms with Gasteiger partial charge in [-0.3, -0.25) is 4.79 Å². The summed E-state index contributed by atoms with van der Waals surface area (Å²) in [6.45, 7) is 3.09. The summed E-state index contributed by atoms with van der Waals surface area (Å²) in [5, 5.41) is 14.9. The second kappa shape index (κ2) is 2.44. The van der Waals surface area contributed by atoms with Gasteiger partial charge in [-0.25, -0.2) is 0 Å². The average Bonchev–Trinajstić information content (AvgIpc) is 2.42. The van der Waals surface area contributed by atoms with Gasteiger partial charge in [0.2, 0.25) is 0 Å². The molecule has 2 aliphatic rings. The van der Waals surface area contributed by atoms with Crippen molar-refractivity contribution in [1.82, 2.24) is 5.32 Å². The van der Waals surface area contributed by atoms with E-state index in [-0.39, 0.29) is 22.6 Å². The molecule has 4 nitrogen and oxygen atoms in total. The SMILES string of the molecule is C[C@H]1CNC(=O)[C@@H]2CCC[N+]12[O-]. The molecule has 2 fully saturated rings. The van der Waals surface area contributed by atoms with Crippen molar-refractivity contribution >= 4 is 5.91 Å². The van der Waals surface area contributed by atoms with E-state index in [2.05, 4.69) is 5.32 Å². The number of hydroxylamine groups is 3. The van der Waals surface area contributed by atoms with Gasteiger partial charge < -0.3 is 15.2 Å². The molecule has 1 N–H and O–H groups in total. The van der Waals surface area contributed by atoms with Gasteiger partial charge in [0.15, 0.2) is 6.04 Å². The van der Waals surface area contributed by atoms with Crippen molar-refractivity contribution in [3.63, 3.8) is 0 Å². The lowest BCUT2D eigenvalue weighted by Gasteiger charge is -2.50. The Morgan fingerprint density at radius 2 is 2.42 bits per heavy atom. The van der Waals surface area contributed by atoms with E-state index in [1.807, 2.05) is 6.92 Å². The maximum absolute atomic E-state index is 12.1. The van der Waals surface area contributed by atoms with Gasteiger partial charge in [-0.15, -0.1) is 0 Å². The zero-order valence-electron chi connectivity index (χ0n) is 7.25. The number of amides is 1. The first-order valence-corrected chi connectivity index (χ1v) is 4.51. The third-order valence-electron chi connectivity index (χ3n) is 3.13. The molecule has 0 aromatic carbocycles. The molecule has 2 heterocycles. The van der Waals surface area contributed by atoms with E-state index >= 15 is 0 Å². The van der Waals surface area contributed by atoms with Crippen molar-refractivity contribution in [2.24, 2.45) is 0 Å². The Hall–Kier alpha value is -0.610. The van der Waals surface area contributed by atoms with Gasteiger partial charge in [0, 0.05) is 12.8 Å². The van der Waals surface area contributed by atoms with Crippen molar-refractivity contribution in [3.8, 4) is 0 Å². The van der Waals surface area contributed by atoms with Crippen LogP contribution in [0.25, 0.3) is 0 Å². The van der Waals surface area contributed by atoms with E-state index in [9.17, 15) is 10.0 Å². The van der Waals surface area contributed by atoms with Crippen LogP contribution in [0.5, 0.6) is 0 Å². The molecule has 12 heavy (non-hydrogen) atoms. The van der Waals surface area contributed by atoms with Crippen LogP contribution < -0.4 is 5.32 Å². The van der Waals surface area contributed by atoms with Crippen LogP contribution in [-0.4, -0.2) is 35.7 Å². The number of hydrogen-bond acceptors (Lipinski definition) is 2. The van der Waals surface area contributed by atoms with Gasteiger partial charge >= 0.3 is 0 Å². The quantitative estimate of drug-likeness (QED) is 0.410. The van der Waals surface area contributed by atoms with Crippen molar-refractivity contribution in [2.45, 2.75) is 31.8 Å². The van der Waals surface area contributed by atoms with Crippen LogP contribution in [0.15, 0.2) is 0 Å². The number of carbonyl (C=O) groups is 1. The Bertz CT molecular complexity index is 219. The minimum atomic E-state index is -0.311. The molecule has 0 aromatic rings. The molecule has 68 valence electrons. The van der Waals surface area contributed by atoms with Gasteiger partial charge in [0.1, 0.15) is 6.04 Å². The number of carbonyl (C=O) groups excluding carboxylic acids is 1. The smallest absolute Gasteiger partial charge is 0.278 e. The number of hydrogen-bond donors (Lipinski definition) is 1. The lowest BCUT2D eigenvalue weighted by Crippen LogP contribution is -2.65. The molecule has 0 aromatic heterocycles. The molecule has 0 spiro atoms. The lowest BCUT2D eigenvalue weighted by molar-refractivity contribution is -0.907. The number of piperazine rings is 1. The summed E-state index contributed by atoms with van der Waals surface area (Å²) in [4.78, 5) is 11.3. The zero-order chi connectivity index (χ0) is 8.77. The first-order chi connectivity index (χ1) is 5.64. The lowest BCUT2D eigenvalue weighted by atomic mass is 10.1. The van der Waals surface area contributed by atoms with Crippen LogP contribution >= 0.6 is 0 Å². The number of nitrogens with zero attached hydrogens (tertiary/aromatic N) is 1. The van der Waals surface area contributed by atoms with Crippen molar-refractivity contribution < 1.29 is 9.44 Å². The summed E-state index contributed by atoms with van der Waals surface area (Å²) < 4.78 is -0.272. The zero-order valence-corrected chi connectivity index (χ0v) is 7.25. The highest BCUT2D eigenvalue weighted by Gasteiger charge is 2.46. The van der Waals surface area contributed by atoms with Crippen molar-refractivity contribution in [1.29, 1.82) is 0 Å². The highest BCUT2D eigenvalue weighted by molar-refractivity contribution is 5.81. The van der Waals surface area contributed by atoms with Gasteiger partial charge in [-0.05, 0) is 6.92 Å². The van der Waals surface area contributed by atoms with Gasteiger partial charge in [0.05, 0.1) is 13.1 Å². The monoisotopic (exact) mass is 170 g/mol. The van der Waals surface area contributed by atoms with E-state index in [0.717, 1.165) is 12.8 Å². The molecule has 2 rings (SSSR count). The minimum absolute atomic E-state index is 0.0372. The molecule has 1 unspecified atom stereocenters. The van der Waals surface area contributed by atoms with E-state index in [0.29, 0.717) is 13.1 Å². The number of nitrogens with one attached hydrogen (secondary N) is 1. The number of rotatable bonds is 0. The van der Waals surface area contributed by atoms with E-state index in [1.165, 1.54) is 0 Å². The summed E-state index contributed by atoms with van der Waals surface area (Å²) in [5.74, 6) is -0.0411. The first kappa shape index (κ1) is 8.01. The maximum atomic E-state index is 12.1. The summed E-state index contributed by atoms with van der Waals surface area (Å²) in [6.07, 6.45) is 1.66. The maximum Gasteiger partial charge on any atom is 0.278 e. The first-order valence-electron chi connectivity index (χ1n) is 4.51. The van der Waals surface area contributed by atoms with Crippen LogP contribution in [0.4, 0.5) is 0 Å². The topological polar surface area (TPSA) is 52.2 Å². The summed E-state index contributed by atoms with van der Waals surface area (Å²) >= 11 is 0. The summed E-state index contributed by atoms with van der Waals surface area (Å²) in [7, 11) is 0. The highest BCUT2D eigenvalue weighted by atomic mass is 16.6. The highest BCUT2D eigenvalue weighted by Crippen LogP contribution is 2.31. The number of quaternary nitrogens is 1. The predicted molar refractivity (Wildman–Crippen MR) is 44.0 cm³/mol. The normalized spacial score (nSPS) is 47.0. The number of fused-ring (bicyclic) bond motifs is 1. The summed E-state index contributed by atoms with van der Waals surface area (Å²) in [5.41, 5.74) is 0. The molecule has 1 amide bonds. The average molecular weight is 170 g/mol. The van der Waals surface area contributed by atoms with Crippen molar-refractivity contribution in [3.05, 3.63) is 5.21 Å². The van der Waals surface area contributed by atoms with Crippen LogP contribution in [0, 0.1) is 5.21 Å². The van der Waals surface area contributed by atoms with Crippen LogP contribution in [-0.2, 0) is 4.79 Å².